The maximum absolute atomic E-state index is 14.5. The molecule has 4 rings (SSSR count). The van der Waals surface area contributed by atoms with Crippen LogP contribution in [0.15, 0.2) is 60.8 Å². The number of carbonyl (C=O) groups is 1. The number of hydrogen-bond donors (Lipinski definition) is 0. The van der Waals surface area contributed by atoms with Gasteiger partial charge in [0.1, 0.15) is 29.7 Å². The lowest BCUT2D eigenvalue weighted by atomic mass is 10.2. The van der Waals surface area contributed by atoms with Gasteiger partial charge in [0.2, 0.25) is 5.88 Å². The number of aromatic nitrogens is 1. The second-order valence-electron chi connectivity index (χ2n) is 7.25. The van der Waals surface area contributed by atoms with Crippen LogP contribution < -0.4 is 14.2 Å². The number of rotatable bonds is 9. The highest BCUT2D eigenvalue weighted by atomic mass is 19.1. The van der Waals surface area contributed by atoms with Gasteiger partial charge in [0.25, 0.3) is 0 Å². The molecule has 6 nitrogen and oxygen atoms in total. The first kappa shape index (κ1) is 20.7. The van der Waals surface area contributed by atoms with Crippen molar-refractivity contribution in [2.24, 2.45) is 5.92 Å². The van der Waals surface area contributed by atoms with Gasteiger partial charge in [0.05, 0.1) is 19.3 Å². The fourth-order valence-corrected chi connectivity index (χ4v) is 2.83. The lowest BCUT2D eigenvalue weighted by molar-refractivity contribution is 0.0600. The van der Waals surface area contributed by atoms with Crippen molar-refractivity contribution in [1.29, 1.82) is 0 Å². The maximum atomic E-state index is 14.5. The molecule has 0 N–H and O–H groups in total. The third-order valence-electron chi connectivity index (χ3n) is 4.78. The molecule has 1 aliphatic carbocycles. The van der Waals surface area contributed by atoms with Crippen LogP contribution in [0.1, 0.15) is 28.8 Å². The molecule has 2 aromatic carbocycles. The first-order valence-electron chi connectivity index (χ1n) is 9.97. The van der Waals surface area contributed by atoms with Crippen molar-refractivity contribution in [3.8, 4) is 23.1 Å². The second-order valence-corrected chi connectivity index (χ2v) is 7.25. The molecule has 1 fully saturated rings. The van der Waals surface area contributed by atoms with Crippen LogP contribution in [0.3, 0.4) is 0 Å². The van der Waals surface area contributed by atoms with Gasteiger partial charge in [-0.3, -0.25) is 0 Å². The smallest absolute Gasteiger partial charge is 0.339 e. The van der Waals surface area contributed by atoms with Gasteiger partial charge in [-0.2, -0.15) is 0 Å². The van der Waals surface area contributed by atoms with Gasteiger partial charge in [0.15, 0.2) is 0 Å². The fourth-order valence-electron chi connectivity index (χ4n) is 2.83. The van der Waals surface area contributed by atoms with Gasteiger partial charge < -0.3 is 18.9 Å². The van der Waals surface area contributed by atoms with Gasteiger partial charge in [0, 0.05) is 30.0 Å². The number of esters is 1. The number of benzene rings is 2. The minimum Gasteiger partial charge on any atom is -0.493 e. The molecule has 31 heavy (non-hydrogen) atoms. The molecule has 3 aromatic rings. The van der Waals surface area contributed by atoms with E-state index in [4.69, 9.17) is 14.2 Å². The molecule has 1 aromatic heterocycles. The highest BCUT2D eigenvalue weighted by Crippen LogP contribution is 2.31. The Hall–Kier alpha value is -3.61. The molecule has 0 aliphatic heterocycles. The van der Waals surface area contributed by atoms with E-state index in [0.29, 0.717) is 35.2 Å². The van der Waals surface area contributed by atoms with E-state index in [0.717, 1.165) is 5.75 Å². The van der Waals surface area contributed by atoms with E-state index in [1.165, 1.54) is 44.3 Å². The standard InChI is InChI=1S/C24H22FNO5/c1-28-24(27)17-8-10-23(26-13-17)30-15-18-7-9-21(12-22(18)25)31-20-4-2-3-19(11-20)29-14-16-5-6-16/h2-4,7-13,16H,5-6,14-15H2,1H3. The molecular weight excluding hydrogens is 401 g/mol. The summed E-state index contributed by atoms with van der Waals surface area (Å²) < 4.78 is 36.1. The van der Waals surface area contributed by atoms with Crippen LogP contribution in [-0.2, 0) is 11.3 Å². The molecule has 0 bridgehead atoms. The average Bonchev–Trinajstić information content (AvgIpc) is 3.62. The SMILES string of the molecule is COC(=O)c1ccc(OCc2ccc(Oc3cccc(OCC4CC4)c3)cc2F)nc1. The summed E-state index contributed by atoms with van der Waals surface area (Å²) in [4.78, 5) is 15.4. The summed E-state index contributed by atoms with van der Waals surface area (Å²) in [5, 5.41) is 0. The van der Waals surface area contributed by atoms with Crippen LogP contribution in [0, 0.1) is 11.7 Å². The van der Waals surface area contributed by atoms with Gasteiger partial charge in [-0.05, 0) is 49.1 Å². The number of carbonyl (C=O) groups excluding carboxylic acids is 1. The van der Waals surface area contributed by atoms with Crippen molar-refractivity contribution >= 4 is 5.97 Å². The van der Waals surface area contributed by atoms with Gasteiger partial charge in [-0.1, -0.05) is 6.07 Å². The summed E-state index contributed by atoms with van der Waals surface area (Å²) in [6.07, 6.45) is 3.79. The minimum absolute atomic E-state index is 0.0127. The highest BCUT2D eigenvalue weighted by molar-refractivity contribution is 5.88. The Morgan fingerprint density at radius 2 is 1.84 bits per heavy atom. The zero-order valence-electron chi connectivity index (χ0n) is 17.0. The molecule has 0 atom stereocenters. The van der Waals surface area contributed by atoms with Crippen molar-refractivity contribution in [1.82, 2.24) is 4.98 Å². The third kappa shape index (κ3) is 5.72. The molecule has 0 saturated heterocycles. The summed E-state index contributed by atoms with van der Waals surface area (Å²) in [7, 11) is 1.29. The van der Waals surface area contributed by atoms with Crippen LogP contribution >= 0.6 is 0 Å². The van der Waals surface area contributed by atoms with Crippen molar-refractivity contribution < 1.29 is 28.1 Å². The molecule has 0 spiro atoms. The lowest BCUT2D eigenvalue weighted by Gasteiger charge is -2.11. The molecule has 0 amide bonds. The largest absolute Gasteiger partial charge is 0.493 e. The number of pyridine rings is 1. The molecule has 0 radical (unpaired) electrons. The van der Waals surface area contributed by atoms with E-state index in [1.54, 1.807) is 24.3 Å². The highest BCUT2D eigenvalue weighted by Gasteiger charge is 2.21. The van der Waals surface area contributed by atoms with Crippen LogP contribution in [0.25, 0.3) is 0 Å². The summed E-state index contributed by atoms with van der Waals surface area (Å²) in [6, 6.07) is 14.9. The molecule has 7 heteroatoms. The Morgan fingerprint density at radius 1 is 1.03 bits per heavy atom. The van der Waals surface area contributed by atoms with Gasteiger partial charge in [-0.25, -0.2) is 14.2 Å². The number of halogens is 1. The van der Waals surface area contributed by atoms with Crippen molar-refractivity contribution in [3.63, 3.8) is 0 Å². The lowest BCUT2D eigenvalue weighted by Crippen LogP contribution is -2.03. The van der Waals surface area contributed by atoms with Gasteiger partial charge in [-0.15, -0.1) is 0 Å². The molecule has 1 heterocycles. The molecule has 1 aliphatic rings. The van der Waals surface area contributed by atoms with Crippen molar-refractivity contribution in [3.05, 3.63) is 77.7 Å². The first-order chi connectivity index (χ1) is 15.1. The van der Waals surface area contributed by atoms with Crippen molar-refractivity contribution in [2.45, 2.75) is 19.4 Å². The van der Waals surface area contributed by atoms with Crippen molar-refractivity contribution in [2.75, 3.05) is 13.7 Å². The van der Waals surface area contributed by atoms with E-state index in [9.17, 15) is 9.18 Å². The topological polar surface area (TPSA) is 66.9 Å². The summed E-state index contributed by atoms with van der Waals surface area (Å²) >= 11 is 0. The van der Waals surface area contributed by atoms with E-state index in [2.05, 4.69) is 9.72 Å². The predicted molar refractivity (Wildman–Crippen MR) is 111 cm³/mol. The Morgan fingerprint density at radius 3 is 2.55 bits per heavy atom. The van der Waals surface area contributed by atoms with E-state index in [1.807, 2.05) is 12.1 Å². The quantitative estimate of drug-likeness (QED) is 0.443. The van der Waals surface area contributed by atoms with Crippen LogP contribution in [0.2, 0.25) is 0 Å². The van der Waals surface area contributed by atoms with E-state index in [-0.39, 0.29) is 12.5 Å². The molecule has 1 saturated carbocycles. The average molecular weight is 423 g/mol. The summed E-state index contributed by atoms with van der Waals surface area (Å²) in [6.45, 7) is 0.703. The van der Waals surface area contributed by atoms with E-state index < -0.39 is 11.8 Å². The number of nitrogens with zero attached hydrogens (tertiary/aromatic N) is 1. The fraction of sp³-hybridized carbons (Fsp3) is 0.250. The first-order valence-corrected chi connectivity index (χ1v) is 9.97. The number of hydrogen-bond acceptors (Lipinski definition) is 6. The third-order valence-corrected chi connectivity index (χ3v) is 4.78. The second kappa shape index (κ2) is 9.47. The Balaban J connectivity index is 1.34. The van der Waals surface area contributed by atoms with Gasteiger partial charge >= 0.3 is 5.97 Å². The van der Waals surface area contributed by atoms with Crippen LogP contribution in [0.4, 0.5) is 4.39 Å². The molecule has 0 unspecified atom stereocenters. The Labute approximate surface area is 179 Å². The Kier molecular flexibility index (Phi) is 6.31. The zero-order valence-corrected chi connectivity index (χ0v) is 17.0. The molecule has 160 valence electrons. The van der Waals surface area contributed by atoms with E-state index >= 15 is 0 Å². The summed E-state index contributed by atoms with van der Waals surface area (Å²) in [5.41, 5.74) is 0.664. The zero-order chi connectivity index (χ0) is 21.6. The molecular formula is C24H22FNO5. The van der Waals surface area contributed by atoms with Crippen LogP contribution in [-0.4, -0.2) is 24.7 Å². The Bertz CT molecular complexity index is 1050. The normalized spacial score (nSPS) is 12.8. The number of methoxy groups -OCH3 is 1. The monoisotopic (exact) mass is 423 g/mol. The van der Waals surface area contributed by atoms with Crippen LogP contribution in [0.5, 0.6) is 23.1 Å². The minimum atomic E-state index is -0.485. The maximum Gasteiger partial charge on any atom is 0.339 e. The summed E-state index contributed by atoms with van der Waals surface area (Å²) in [5.74, 6) is 1.68. The number of ether oxygens (including phenoxy) is 4. The predicted octanol–water partition coefficient (Wildman–Crippen LogP) is 5.17.